The Hall–Kier alpha value is -2.20. The standard InChI is InChI=1S/C17H20N4/c1-3-6-17-19-9-10-21(17)16-11-13(12-18-2)20-15-8-5-4-7-14(15)16/h4-5,7-11,18H,3,6,12H2,1-2H3. The Balaban J connectivity index is 2.21. The average molecular weight is 280 g/mol. The molecular weight excluding hydrogens is 260 g/mol. The number of imidazole rings is 1. The SMILES string of the molecule is CCCc1nccn1-c1cc(CNC)nc2ccccc12. The van der Waals surface area contributed by atoms with Gasteiger partial charge in [-0.2, -0.15) is 0 Å². The second-order valence-corrected chi connectivity index (χ2v) is 5.14. The molecule has 0 bridgehead atoms. The zero-order chi connectivity index (χ0) is 14.7. The van der Waals surface area contributed by atoms with Gasteiger partial charge in [0, 0.05) is 30.7 Å². The molecule has 0 saturated carbocycles. The summed E-state index contributed by atoms with van der Waals surface area (Å²) in [5.74, 6) is 1.10. The zero-order valence-electron chi connectivity index (χ0n) is 12.5. The van der Waals surface area contributed by atoms with E-state index in [9.17, 15) is 0 Å². The van der Waals surface area contributed by atoms with Crippen LogP contribution in [0.4, 0.5) is 0 Å². The first-order valence-corrected chi connectivity index (χ1v) is 7.39. The van der Waals surface area contributed by atoms with Gasteiger partial charge in [0.05, 0.1) is 16.9 Å². The van der Waals surface area contributed by atoms with Gasteiger partial charge < -0.3 is 9.88 Å². The number of hydrogen-bond donors (Lipinski definition) is 1. The molecule has 0 saturated heterocycles. The summed E-state index contributed by atoms with van der Waals surface area (Å²) in [7, 11) is 1.94. The van der Waals surface area contributed by atoms with Crippen LogP contribution in [0.1, 0.15) is 24.9 Å². The maximum Gasteiger partial charge on any atom is 0.113 e. The van der Waals surface area contributed by atoms with Crippen molar-refractivity contribution in [1.82, 2.24) is 19.9 Å². The van der Waals surface area contributed by atoms with Crippen LogP contribution in [0.25, 0.3) is 16.6 Å². The van der Waals surface area contributed by atoms with E-state index in [4.69, 9.17) is 4.98 Å². The molecule has 2 aromatic heterocycles. The predicted octanol–water partition coefficient (Wildman–Crippen LogP) is 3.09. The molecular formula is C17H20N4. The van der Waals surface area contributed by atoms with E-state index in [-0.39, 0.29) is 0 Å². The van der Waals surface area contributed by atoms with E-state index >= 15 is 0 Å². The second kappa shape index (κ2) is 6.06. The van der Waals surface area contributed by atoms with Crippen molar-refractivity contribution in [3.8, 4) is 5.69 Å². The summed E-state index contributed by atoms with van der Waals surface area (Å²) in [6, 6.07) is 10.4. The first kappa shape index (κ1) is 13.8. The van der Waals surface area contributed by atoms with E-state index in [2.05, 4.69) is 46.1 Å². The summed E-state index contributed by atoms with van der Waals surface area (Å²) in [6.07, 6.45) is 5.97. The van der Waals surface area contributed by atoms with Crippen molar-refractivity contribution in [2.24, 2.45) is 0 Å². The van der Waals surface area contributed by atoms with E-state index in [0.717, 1.165) is 47.5 Å². The molecule has 0 aliphatic carbocycles. The van der Waals surface area contributed by atoms with Crippen LogP contribution >= 0.6 is 0 Å². The van der Waals surface area contributed by atoms with Crippen LogP contribution in [-0.4, -0.2) is 21.6 Å². The third kappa shape index (κ3) is 2.67. The molecule has 1 N–H and O–H groups in total. The summed E-state index contributed by atoms with van der Waals surface area (Å²) >= 11 is 0. The maximum absolute atomic E-state index is 4.71. The van der Waals surface area contributed by atoms with Gasteiger partial charge in [-0.05, 0) is 25.6 Å². The van der Waals surface area contributed by atoms with Crippen molar-refractivity contribution < 1.29 is 0 Å². The molecule has 3 aromatic rings. The molecule has 0 fully saturated rings. The fourth-order valence-electron chi connectivity index (χ4n) is 2.64. The Bertz CT molecular complexity index is 745. The van der Waals surface area contributed by atoms with Crippen LogP contribution in [0.2, 0.25) is 0 Å². The Morgan fingerprint density at radius 2 is 2.10 bits per heavy atom. The lowest BCUT2D eigenvalue weighted by Crippen LogP contribution is -2.09. The number of aryl methyl sites for hydroxylation is 1. The summed E-state index contributed by atoms with van der Waals surface area (Å²) in [5, 5.41) is 4.33. The van der Waals surface area contributed by atoms with E-state index in [1.165, 1.54) is 0 Å². The number of aromatic nitrogens is 3. The van der Waals surface area contributed by atoms with Gasteiger partial charge in [-0.25, -0.2) is 4.98 Å². The first-order chi connectivity index (χ1) is 10.3. The van der Waals surface area contributed by atoms with Gasteiger partial charge in [0.15, 0.2) is 0 Å². The number of pyridine rings is 1. The van der Waals surface area contributed by atoms with Crippen molar-refractivity contribution >= 4 is 10.9 Å². The first-order valence-electron chi connectivity index (χ1n) is 7.39. The Labute approximate surface area is 124 Å². The molecule has 0 aliphatic rings. The maximum atomic E-state index is 4.71. The minimum Gasteiger partial charge on any atom is -0.314 e. The van der Waals surface area contributed by atoms with Gasteiger partial charge in [0.2, 0.25) is 0 Å². The molecule has 2 heterocycles. The van der Waals surface area contributed by atoms with Crippen LogP contribution < -0.4 is 5.32 Å². The average Bonchev–Trinajstić information content (AvgIpc) is 2.95. The van der Waals surface area contributed by atoms with Gasteiger partial charge in [-0.15, -0.1) is 0 Å². The number of para-hydroxylation sites is 1. The minimum absolute atomic E-state index is 0.760. The van der Waals surface area contributed by atoms with Crippen molar-refractivity contribution in [2.45, 2.75) is 26.3 Å². The molecule has 0 radical (unpaired) electrons. The van der Waals surface area contributed by atoms with Crippen molar-refractivity contribution in [1.29, 1.82) is 0 Å². The van der Waals surface area contributed by atoms with Crippen molar-refractivity contribution in [2.75, 3.05) is 7.05 Å². The Morgan fingerprint density at radius 1 is 1.24 bits per heavy atom. The predicted molar refractivity (Wildman–Crippen MR) is 85.6 cm³/mol. The third-order valence-corrected chi connectivity index (χ3v) is 3.56. The monoisotopic (exact) mass is 280 g/mol. The molecule has 0 unspecified atom stereocenters. The van der Waals surface area contributed by atoms with Gasteiger partial charge in [0.25, 0.3) is 0 Å². The molecule has 0 spiro atoms. The Kier molecular flexibility index (Phi) is 3.97. The smallest absolute Gasteiger partial charge is 0.113 e. The zero-order valence-corrected chi connectivity index (χ0v) is 12.5. The summed E-state index contributed by atoms with van der Waals surface area (Å²) in [5.41, 5.74) is 3.23. The molecule has 108 valence electrons. The molecule has 4 nitrogen and oxygen atoms in total. The highest BCUT2D eigenvalue weighted by Crippen LogP contribution is 2.23. The lowest BCUT2D eigenvalue weighted by Gasteiger charge is -2.12. The summed E-state index contributed by atoms with van der Waals surface area (Å²) in [6.45, 7) is 2.94. The normalized spacial score (nSPS) is 11.1. The largest absolute Gasteiger partial charge is 0.314 e. The lowest BCUT2D eigenvalue weighted by atomic mass is 10.1. The van der Waals surface area contributed by atoms with Crippen LogP contribution in [-0.2, 0) is 13.0 Å². The van der Waals surface area contributed by atoms with Crippen LogP contribution in [0.3, 0.4) is 0 Å². The lowest BCUT2D eigenvalue weighted by molar-refractivity contribution is 0.787. The van der Waals surface area contributed by atoms with Crippen molar-refractivity contribution in [3.05, 3.63) is 54.2 Å². The third-order valence-electron chi connectivity index (χ3n) is 3.56. The van der Waals surface area contributed by atoms with E-state index in [1.54, 1.807) is 0 Å². The molecule has 21 heavy (non-hydrogen) atoms. The topological polar surface area (TPSA) is 42.7 Å². The van der Waals surface area contributed by atoms with E-state index < -0.39 is 0 Å². The Morgan fingerprint density at radius 3 is 2.90 bits per heavy atom. The molecule has 0 amide bonds. The summed E-state index contributed by atoms with van der Waals surface area (Å²) in [4.78, 5) is 9.21. The highest BCUT2D eigenvalue weighted by atomic mass is 15.1. The fourth-order valence-corrected chi connectivity index (χ4v) is 2.64. The second-order valence-electron chi connectivity index (χ2n) is 5.14. The number of benzene rings is 1. The minimum atomic E-state index is 0.760. The van der Waals surface area contributed by atoms with Gasteiger partial charge in [0.1, 0.15) is 5.82 Å². The number of rotatable bonds is 5. The van der Waals surface area contributed by atoms with Crippen LogP contribution in [0.5, 0.6) is 0 Å². The van der Waals surface area contributed by atoms with Gasteiger partial charge in [-0.3, -0.25) is 4.98 Å². The quantitative estimate of drug-likeness (QED) is 0.781. The number of fused-ring (bicyclic) bond motifs is 1. The highest BCUT2D eigenvalue weighted by Gasteiger charge is 2.10. The summed E-state index contributed by atoms with van der Waals surface area (Å²) < 4.78 is 2.19. The molecule has 1 aromatic carbocycles. The number of nitrogens with zero attached hydrogens (tertiary/aromatic N) is 3. The van der Waals surface area contributed by atoms with Crippen LogP contribution in [0.15, 0.2) is 42.7 Å². The van der Waals surface area contributed by atoms with E-state index in [1.807, 2.05) is 25.5 Å². The number of hydrogen-bond acceptors (Lipinski definition) is 3. The van der Waals surface area contributed by atoms with E-state index in [0.29, 0.717) is 0 Å². The molecule has 0 aliphatic heterocycles. The highest BCUT2D eigenvalue weighted by molar-refractivity contribution is 5.87. The van der Waals surface area contributed by atoms with Gasteiger partial charge >= 0.3 is 0 Å². The molecule has 3 rings (SSSR count). The van der Waals surface area contributed by atoms with Crippen molar-refractivity contribution in [3.63, 3.8) is 0 Å². The number of nitrogens with one attached hydrogen (secondary N) is 1. The van der Waals surface area contributed by atoms with Crippen LogP contribution in [0, 0.1) is 0 Å². The van der Waals surface area contributed by atoms with Gasteiger partial charge in [-0.1, -0.05) is 25.1 Å². The molecule has 0 atom stereocenters. The molecule has 4 heteroatoms. The fraction of sp³-hybridized carbons (Fsp3) is 0.294.